The van der Waals surface area contributed by atoms with E-state index in [1.54, 1.807) is 0 Å². The molecule has 0 aromatic carbocycles. The molecule has 0 amide bonds. The summed E-state index contributed by atoms with van der Waals surface area (Å²) in [5, 5.41) is 13.6. The second-order valence-corrected chi connectivity index (χ2v) is 7.39. The van der Waals surface area contributed by atoms with E-state index in [-0.39, 0.29) is 12.1 Å². The first kappa shape index (κ1) is 17.2. The summed E-state index contributed by atoms with van der Waals surface area (Å²) in [6.07, 6.45) is 6.08. The van der Waals surface area contributed by atoms with Crippen molar-refractivity contribution < 1.29 is 9.84 Å². The van der Waals surface area contributed by atoms with Crippen LogP contribution in [-0.4, -0.2) is 59.5 Å². The van der Waals surface area contributed by atoms with Gasteiger partial charge in [0.25, 0.3) is 0 Å². The second kappa shape index (κ2) is 7.40. The third kappa shape index (κ3) is 4.19. The maximum atomic E-state index is 9.98. The first-order valence-electron chi connectivity index (χ1n) is 8.75. The van der Waals surface area contributed by atoms with Gasteiger partial charge in [-0.2, -0.15) is 0 Å². The second-order valence-electron chi connectivity index (χ2n) is 7.39. The van der Waals surface area contributed by atoms with E-state index in [0.717, 1.165) is 32.4 Å². The van der Waals surface area contributed by atoms with Gasteiger partial charge in [-0.1, -0.05) is 20.8 Å². The molecule has 0 aromatic rings. The van der Waals surface area contributed by atoms with E-state index in [9.17, 15) is 5.11 Å². The Balaban J connectivity index is 2.07. The predicted octanol–water partition coefficient (Wildman–Crippen LogP) is 2.16. The number of ether oxygens (including phenoxy) is 1. The number of nitrogens with one attached hydrogen (secondary N) is 1. The van der Waals surface area contributed by atoms with Crippen molar-refractivity contribution in [1.82, 2.24) is 10.2 Å². The lowest BCUT2D eigenvalue weighted by molar-refractivity contribution is -0.0856. The molecule has 4 atom stereocenters. The molecule has 21 heavy (non-hydrogen) atoms. The Hall–Kier alpha value is -0.160. The van der Waals surface area contributed by atoms with Gasteiger partial charge in [-0.05, 0) is 39.0 Å². The highest BCUT2D eigenvalue weighted by molar-refractivity contribution is 4.99. The fourth-order valence-electron chi connectivity index (χ4n) is 4.22. The molecule has 1 heterocycles. The number of aliphatic hydroxyl groups excluding tert-OH is 1. The molecule has 1 aliphatic carbocycles. The molecule has 2 fully saturated rings. The molecule has 4 unspecified atom stereocenters. The van der Waals surface area contributed by atoms with Gasteiger partial charge in [-0.3, -0.25) is 4.90 Å². The Morgan fingerprint density at radius 1 is 1.43 bits per heavy atom. The van der Waals surface area contributed by atoms with Gasteiger partial charge < -0.3 is 15.2 Å². The Labute approximate surface area is 130 Å². The van der Waals surface area contributed by atoms with Crippen molar-refractivity contribution in [3.8, 4) is 0 Å². The summed E-state index contributed by atoms with van der Waals surface area (Å²) in [6.45, 7) is 10.9. The number of hydrogen-bond donors (Lipinski definition) is 2. The van der Waals surface area contributed by atoms with Crippen LogP contribution >= 0.6 is 0 Å². The van der Waals surface area contributed by atoms with E-state index in [2.05, 4.69) is 37.9 Å². The third-order valence-electron chi connectivity index (χ3n) is 5.17. The van der Waals surface area contributed by atoms with E-state index in [4.69, 9.17) is 4.74 Å². The SMILES string of the molecule is CCC1COC(C)CN1C1CCCC(CO)(NC(C)C)C1. The van der Waals surface area contributed by atoms with Crippen LogP contribution in [0.4, 0.5) is 0 Å². The standard InChI is InChI=1S/C17H34N2O2/c1-5-15-11-21-14(4)10-19(15)16-7-6-8-17(9-16,12-20)18-13(2)3/h13-16,18,20H,5-12H2,1-4H3. The molecule has 2 rings (SSSR count). The molecule has 0 radical (unpaired) electrons. The molecule has 4 heteroatoms. The van der Waals surface area contributed by atoms with Gasteiger partial charge in [0.2, 0.25) is 0 Å². The lowest BCUT2D eigenvalue weighted by atomic mass is 9.77. The fraction of sp³-hybridized carbons (Fsp3) is 1.00. The molecule has 0 spiro atoms. The lowest BCUT2D eigenvalue weighted by Gasteiger charge is -2.49. The number of rotatable bonds is 5. The normalized spacial score (nSPS) is 38.9. The van der Waals surface area contributed by atoms with Gasteiger partial charge in [-0.15, -0.1) is 0 Å². The van der Waals surface area contributed by atoms with Gasteiger partial charge in [0.05, 0.1) is 19.3 Å². The van der Waals surface area contributed by atoms with Crippen LogP contribution in [0, 0.1) is 0 Å². The molecule has 4 nitrogen and oxygen atoms in total. The number of aliphatic hydroxyl groups is 1. The van der Waals surface area contributed by atoms with Crippen LogP contribution in [-0.2, 0) is 4.74 Å². The van der Waals surface area contributed by atoms with Crippen molar-refractivity contribution in [2.24, 2.45) is 0 Å². The molecule has 1 saturated carbocycles. The zero-order valence-corrected chi connectivity index (χ0v) is 14.3. The molecule has 1 saturated heterocycles. The van der Waals surface area contributed by atoms with Gasteiger partial charge in [0.1, 0.15) is 0 Å². The van der Waals surface area contributed by atoms with Crippen molar-refractivity contribution in [2.45, 2.75) is 89.6 Å². The van der Waals surface area contributed by atoms with Crippen molar-refractivity contribution >= 4 is 0 Å². The van der Waals surface area contributed by atoms with Crippen LogP contribution in [0.25, 0.3) is 0 Å². The molecular weight excluding hydrogens is 264 g/mol. The quantitative estimate of drug-likeness (QED) is 0.816. The summed E-state index contributed by atoms with van der Waals surface area (Å²) in [5.74, 6) is 0. The minimum absolute atomic E-state index is 0.0864. The Morgan fingerprint density at radius 3 is 2.81 bits per heavy atom. The minimum atomic E-state index is -0.0864. The molecule has 0 aromatic heterocycles. The third-order valence-corrected chi connectivity index (χ3v) is 5.17. The minimum Gasteiger partial charge on any atom is -0.394 e. The average molecular weight is 298 g/mol. The summed E-state index contributed by atoms with van der Waals surface area (Å²) < 4.78 is 5.84. The highest BCUT2D eigenvalue weighted by Crippen LogP contribution is 2.34. The van der Waals surface area contributed by atoms with Crippen LogP contribution in [0.15, 0.2) is 0 Å². The Kier molecular flexibility index (Phi) is 6.06. The topological polar surface area (TPSA) is 44.7 Å². The van der Waals surface area contributed by atoms with Crippen molar-refractivity contribution in [1.29, 1.82) is 0 Å². The predicted molar refractivity (Wildman–Crippen MR) is 86.5 cm³/mol. The van der Waals surface area contributed by atoms with E-state index in [0.29, 0.717) is 24.2 Å². The van der Waals surface area contributed by atoms with E-state index >= 15 is 0 Å². The fourth-order valence-corrected chi connectivity index (χ4v) is 4.22. The molecule has 0 bridgehead atoms. The van der Waals surface area contributed by atoms with Crippen molar-refractivity contribution in [3.63, 3.8) is 0 Å². The van der Waals surface area contributed by atoms with Crippen LogP contribution in [0.1, 0.15) is 59.8 Å². The Bertz CT molecular complexity index is 324. The number of nitrogens with zero attached hydrogens (tertiary/aromatic N) is 1. The highest BCUT2D eigenvalue weighted by Gasteiger charge is 2.41. The highest BCUT2D eigenvalue weighted by atomic mass is 16.5. The molecular formula is C17H34N2O2. The molecule has 2 N–H and O–H groups in total. The van der Waals surface area contributed by atoms with Gasteiger partial charge in [0.15, 0.2) is 0 Å². The maximum Gasteiger partial charge on any atom is 0.0674 e. The van der Waals surface area contributed by atoms with Crippen LogP contribution < -0.4 is 5.32 Å². The van der Waals surface area contributed by atoms with Crippen molar-refractivity contribution in [3.05, 3.63) is 0 Å². The van der Waals surface area contributed by atoms with Gasteiger partial charge >= 0.3 is 0 Å². The van der Waals surface area contributed by atoms with E-state index in [1.165, 1.54) is 12.8 Å². The monoisotopic (exact) mass is 298 g/mol. The molecule has 2 aliphatic rings. The maximum absolute atomic E-state index is 9.98. The van der Waals surface area contributed by atoms with Crippen LogP contribution in [0.2, 0.25) is 0 Å². The summed E-state index contributed by atoms with van der Waals surface area (Å²) in [7, 11) is 0. The lowest BCUT2D eigenvalue weighted by Crippen LogP contribution is -2.61. The van der Waals surface area contributed by atoms with Gasteiger partial charge in [0, 0.05) is 30.2 Å². The van der Waals surface area contributed by atoms with E-state index < -0.39 is 0 Å². The number of morpholine rings is 1. The average Bonchev–Trinajstić information content (AvgIpc) is 2.46. The Morgan fingerprint density at radius 2 is 2.19 bits per heavy atom. The number of hydrogen-bond acceptors (Lipinski definition) is 4. The summed E-state index contributed by atoms with van der Waals surface area (Å²) >= 11 is 0. The zero-order valence-electron chi connectivity index (χ0n) is 14.3. The van der Waals surface area contributed by atoms with Crippen molar-refractivity contribution in [2.75, 3.05) is 19.8 Å². The smallest absolute Gasteiger partial charge is 0.0674 e. The molecule has 1 aliphatic heterocycles. The summed E-state index contributed by atoms with van der Waals surface area (Å²) in [6, 6.07) is 1.54. The van der Waals surface area contributed by atoms with E-state index in [1.807, 2.05) is 0 Å². The van der Waals surface area contributed by atoms with Crippen LogP contribution in [0.5, 0.6) is 0 Å². The summed E-state index contributed by atoms with van der Waals surface area (Å²) in [5.41, 5.74) is -0.0864. The zero-order chi connectivity index (χ0) is 15.5. The first-order chi connectivity index (χ1) is 9.99. The van der Waals surface area contributed by atoms with Gasteiger partial charge in [-0.25, -0.2) is 0 Å². The summed E-state index contributed by atoms with van der Waals surface area (Å²) in [4.78, 5) is 2.67. The first-order valence-corrected chi connectivity index (χ1v) is 8.75. The molecule has 124 valence electrons. The largest absolute Gasteiger partial charge is 0.394 e. The van der Waals surface area contributed by atoms with Crippen LogP contribution in [0.3, 0.4) is 0 Å².